The maximum absolute atomic E-state index is 12.7. The maximum Gasteiger partial charge on any atom is 0.282 e. The Morgan fingerprint density at radius 2 is 2.04 bits per heavy atom. The van der Waals surface area contributed by atoms with E-state index in [2.05, 4.69) is 20.3 Å². The number of halogens is 1. The molecular formula is C18H19ClN6O. The van der Waals surface area contributed by atoms with Crippen LogP contribution in [0.5, 0.6) is 0 Å². The van der Waals surface area contributed by atoms with Crippen LogP contribution in [-0.4, -0.2) is 27.0 Å². The minimum atomic E-state index is -0.363. The molecule has 1 aliphatic heterocycles. The zero-order valence-corrected chi connectivity index (χ0v) is 15.3. The molecule has 0 unspecified atom stereocenters. The minimum Gasteiger partial charge on any atom is -0.383 e. The number of benzene rings is 1. The number of pyridine rings is 1. The number of fused-ring (bicyclic) bond motifs is 3. The molecular weight excluding hydrogens is 352 g/mol. The van der Waals surface area contributed by atoms with Crippen molar-refractivity contribution in [1.29, 1.82) is 0 Å². The molecule has 7 nitrogen and oxygen atoms in total. The monoisotopic (exact) mass is 370 g/mol. The summed E-state index contributed by atoms with van der Waals surface area (Å²) in [6.07, 6.45) is 1.48. The third-order valence-corrected chi connectivity index (χ3v) is 4.63. The minimum absolute atomic E-state index is 0. The Labute approximate surface area is 156 Å². The van der Waals surface area contributed by atoms with Gasteiger partial charge in [0.1, 0.15) is 11.6 Å². The van der Waals surface area contributed by atoms with Gasteiger partial charge in [0.05, 0.1) is 11.1 Å². The number of aromatic nitrogens is 3. The van der Waals surface area contributed by atoms with E-state index in [1.54, 1.807) is 0 Å². The van der Waals surface area contributed by atoms with E-state index in [1.165, 1.54) is 6.20 Å². The highest BCUT2D eigenvalue weighted by Gasteiger charge is 2.17. The van der Waals surface area contributed by atoms with Crippen LogP contribution in [-0.2, 0) is 6.54 Å². The van der Waals surface area contributed by atoms with Gasteiger partial charge in [-0.25, -0.2) is 9.97 Å². The van der Waals surface area contributed by atoms with Crippen molar-refractivity contribution in [2.24, 2.45) is 4.99 Å². The van der Waals surface area contributed by atoms with Gasteiger partial charge in [-0.2, -0.15) is 4.99 Å². The van der Waals surface area contributed by atoms with Gasteiger partial charge in [-0.15, -0.1) is 12.4 Å². The molecule has 1 aromatic carbocycles. The fourth-order valence-electron chi connectivity index (χ4n) is 3.05. The topological polar surface area (TPSA) is 98.2 Å². The van der Waals surface area contributed by atoms with Crippen molar-refractivity contribution in [2.75, 3.05) is 17.6 Å². The predicted octanol–water partition coefficient (Wildman–Crippen LogP) is 2.22. The molecule has 4 rings (SSSR count). The van der Waals surface area contributed by atoms with Crippen LogP contribution >= 0.6 is 12.4 Å². The first-order valence-corrected chi connectivity index (χ1v) is 8.10. The van der Waals surface area contributed by atoms with Crippen LogP contribution in [0.1, 0.15) is 21.5 Å². The van der Waals surface area contributed by atoms with Gasteiger partial charge in [0.25, 0.3) is 5.91 Å². The standard InChI is InChI=1S/C18H18N6O.ClH/c1-10-11(2)15(19)21-9-13(10)17(25)23-18-22-14-6-4-3-5-12(14)16-20-7-8-24(16)18;/h3-6,9,20H,7-8H2,1-2H3,(H2,19,21);1H. The van der Waals surface area contributed by atoms with Crippen LogP contribution in [0, 0.1) is 13.8 Å². The lowest BCUT2D eigenvalue weighted by molar-refractivity contribution is 0.0995. The molecule has 0 fully saturated rings. The third-order valence-electron chi connectivity index (χ3n) is 4.63. The summed E-state index contributed by atoms with van der Waals surface area (Å²) in [5, 5.41) is 4.37. The van der Waals surface area contributed by atoms with E-state index in [4.69, 9.17) is 5.73 Å². The first kappa shape index (κ1) is 17.9. The SMILES string of the molecule is Cc1c(C(=O)N=c2nc3ccccc3c3n2CCN3)cnc(N)c1C.Cl. The average molecular weight is 371 g/mol. The number of nitrogens with zero attached hydrogens (tertiary/aromatic N) is 4. The molecule has 1 amide bonds. The first-order valence-electron chi connectivity index (χ1n) is 8.10. The van der Waals surface area contributed by atoms with Crippen LogP contribution in [0.25, 0.3) is 10.9 Å². The number of hydrogen-bond acceptors (Lipinski definition) is 5. The Balaban J connectivity index is 0.00000196. The number of nitrogens with one attached hydrogen (secondary N) is 1. The number of carbonyl (C=O) groups is 1. The highest BCUT2D eigenvalue weighted by Crippen LogP contribution is 2.22. The lowest BCUT2D eigenvalue weighted by Gasteiger charge is -2.09. The normalized spacial score (nSPS) is 13.2. The van der Waals surface area contributed by atoms with E-state index in [9.17, 15) is 4.79 Å². The summed E-state index contributed by atoms with van der Waals surface area (Å²) < 4.78 is 1.94. The summed E-state index contributed by atoms with van der Waals surface area (Å²) >= 11 is 0. The van der Waals surface area contributed by atoms with Gasteiger partial charge in [-0.3, -0.25) is 9.36 Å². The summed E-state index contributed by atoms with van der Waals surface area (Å²) in [6.45, 7) is 5.20. The number of carbonyl (C=O) groups excluding carboxylic acids is 1. The van der Waals surface area contributed by atoms with E-state index < -0.39 is 0 Å². The second-order valence-electron chi connectivity index (χ2n) is 6.08. The van der Waals surface area contributed by atoms with E-state index in [1.807, 2.05) is 42.7 Å². The Bertz CT molecular complexity index is 1090. The number of rotatable bonds is 1. The third kappa shape index (κ3) is 2.80. The molecule has 3 N–H and O–H groups in total. The van der Waals surface area contributed by atoms with Gasteiger partial charge in [-0.1, -0.05) is 12.1 Å². The number of nitrogen functional groups attached to an aromatic ring is 1. The Kier molecular flexibility index (Phi) is 4.65. The summed E-state index contributed by atoms with van der Waals surface area (Å²) in [5.74, 6) is 1.01. The molecule has 3 aromatic rings. The maximum atomic E-state index is 12.7. The molecule has 0 aliphatic carbocycles. The summed E-state index contributed by atoms with van der Waals surface area (Å²) in [6, 6.07) is 7.82. The van der Waals surface area contributed by atoms with Gasteiger partial charge in [0.15, 0.2) is 0 Å². The van der Waals surface area contributed by atoms with Gasteiger partial charge in [0.2, 0.25) is 5.62 Å². The zero-order valence-electron chi connectivity index (χ0n) is 14.5. The van der Waals surface area contributed by atoms with E-state index in [-0.39, 0.29) is 18.3 Å². The van der Waals surface area contributed by atoms with Gasteiger partial charge >= 0.3 is 0 Å². The Hall–Kier alpha value is -2.93. The Morgan fingerprint density at radius 1 is 1.27 bits per heavy atom. The van der Waals surface area contributed by atoms with Gasteiger partial charge in [-0.05, 0) is 37.1 Å². The van der Waals surface area contributed by atoms with E-state index in [0.29, 0.717) is 17.0 Å². The fraction of sp³-hybridized carbons (Fsp3) is 0.222. The molecule has 1 aliphatic rings. The quantitative estimate of drug-likeness (QED) is 0.684. The van der Waals surface area contributed by atoms with Crippen LogP contribution in [0.2, 0.25) is 0 Å². The van der Waals surface area contributed by atoms with Crippen molar-refractivity contribution in [1.82, 2.24) is 14.5 Å². The zero-order chi connectivity index (χ0) is 17.6. The lowest BCUT2D eigenvalue weighted by atomic mass is 10.1. The number of para-hydroxylation sites is 1. The second-order valence-corrected chi connectivity index (χ2v) is 6.08. The number of anilines is 2. The molecule has 0 atom stereocenters. The smallest absolute Gasteiger partial charge is 0.282 e. The van der Waals surface area contributed by atoms with Gasteiger partial charge in [0, 0.05) is 24.7 Å². The summed E-state index contributed by atoms with van der Waals surface area (Å²) in [4.78, 5) is 25.6. The van der Waals surface area contributed by atoms with Crippen molar-refractivity contribution in [2.45, 2.75) is 20.4 Å². The van der Waals surface area contributed by atoms with E-state index in [0.717, 1.165) is 40.9 Å². The van der Waals surface area contributed by atoms with Crippen molar-refractivity contribution in [3.8, 4) is 0 Å². The molecule has 0 bridgehead atoms. The lowest BCUT2D eigenvalue weighted by Crippen LogP contribution is -2.25. The molecule has 26 heavy (non-hydrogen) atoms. The molecule has 0 spiro atoms. The molecule has 8 heteroatoms. The molecule has 0 saturated heterocycles. The average Bonchev–Trinajstić information content (AvgIpc) is 3.10. The van der Waals surface area contributed by atoms with Crippen LogP contribution < -0.4 is 16.7 Å². The van der Waals surface area contributed by atoms with Crippen LogP contribution in [0.3, 0.4) is 0 Å². The van der Waals surface area contributed by atoms with Gasteiger partial charge < -0.3 is 11.1 Å². The van der Waals surface area contributed by atoms with Crippen molar-refractivity contribution in [3.05, 3.63) is 52.8 Å². The van der Waals surface area contributed by atoms with Crippen molar-refractivity contribution >= 4 is 40.9 Å². The largest absolute Gasteiger partial charge is 0.383 e. The predicted molar refractivity (Wildman–Crippen MR) is 103 cm³/mol. The molecule has 0 saturated carbocycles. The number of nitrogens with two attached hydrogens (primary N) is 1. The summed E-state index contributed by atoms with van der Waals surface area (Å²) in [7, 11) is 0. The van der Waals surface area contributed by atoms with Crippen LogP contribution in [0.4, 0.5) is 11.6 Å². The van der Waals surface area contributed by atoms with Crippen molar-refractivity contribution in [3.63, 3.8) is 0 Å². The molecule has 3 heterocycles. The molecule has 134 valence electrons. The van der Waals surface area contributed by atoms with Crippen molar-refractivity contribution < 1.29 is 4.79 Å². The number of hydrogen-bond donors (Lipinski definition) is 2. The Morgan fingerprint density at radius 3 is 2.85 bits per heavy atom. The van der Waals surface area contributed by atoms with E-state index >= 15 is 0 Å². The number of amides is 1. The highest BCUT2D eigenvalue weighted by molar-refractivity contribution is 5.97. The molecule has 2 aromatic heterocycles. The van der Waals surface area contributed by atoms with Crippen LogP contribution in [0.15, 0.2) is 35.5 Å². The summed E-state index contributed by atoms with van der Waals surface area (Å²) in [5.41, 5.74) is 9.04. The molecule has 0 radical (unpaired) electrons. The first-order chi connectivity index (χ1) is 12.1. The fourth-order valence-corrected chi connectivity index (χ4v) is 3.05. The second kappa shape index (κ2) is 6.76. The highest BCUT2D eigenvalue weighted by atomic mass is 35.5.